The van der Waals surface area contributed by atoms with Crippen LogP contribution in [0.25, 0.3) is 0 Å². The van der Waals surface area contributed by atoms with Gasteiger partial charge in [0.15, 0.2) is 17.3 Å². The number of methoxy groups -OCH3 is 2. The summed E-state index contributed by atoms with van der Waals surface area (Å²) in [5.41, 5.74) is 1.63. The first-order chi connectivity index (χ1) is 10.5. The fourth-order valence-electron chi connectivity index (χ4n) is 2.18. The van der Waals surface area contributed by atoms with Crippen molar-refractivity contribution in [2.75, 3.05) is 14.2 Å². The van der Waals surface area contributed by atoms with Gasteiger partial charge in [-0.15, -0.1) is 0 Å². The quantitative estimate of drug-likeness (QED) is 0.790. The van der Waals surface area contributed by atoms with Crippen molar-refractivity contribution in [3.05, 3.63) is 58.7 Å². The van der Waals surface area contributed by atoms with Crippen LogP contribution in [0.3, 0.4) is 0 Å². The Morgan fingerprint density at radius 1 is 1.09 bits per heavy atom. The molecule has 116 valence electrons. The molecule has 2 rings (SSSR count). The second-order valence-corrected chi connectivity index (χ2v) is 4.87. The lowest BCUT2D eigenvalue weighted by atomic mass is 9.98. The highest BCUT2D eigenvalue weighted by atomic mass is 19.2. The molecule has 2 aromatic carbocycles. The highest BCUT2D eigenvalue weighted by Crippen LogP contribution is 2.24. The summed E-state index contributed by atoms with van der Waals surface area (Å²) >= 11 is 0. The molecule has 0 N–H and O–H groups in total. The molecule has 0 spiro atoms. The average Bonchev–Trinajstić information content (AvgIpc) is 2.51. The van der Waals surface area contributed by atoms with Crippen molar-refractivity contribution < 1.29 is 23.0 Å². The number of hydrogen-bond acceptors (Lipinski definition) is 3. The number of halogens is 2. The number of benzene rings is 2. The van der Waals surface area contributed by atoms with Crippen LogP contribution in [0.4, 0.5) is 8.78 Å². The van der Waals surface area contributed by atoms with Crippen molar-refractivity contribution in [1.82, 2.24) is 0 Å². The molecule has 0 heterocycles. The fourth-order valence-corrected chi connectivity index (χ4v) is 2.18. The molecule has 0 aliphatic heterocycles. The Bertz CT molecular complexity index is 711. The first-order valence-electron chi connectivity index (χ1n) is 6.66. The van der Waals surface area contributed by atoms with Gasteiger partial charge in [-0.3, -0.25) is 4.79 Å². The molecule has 2 aromatic rings. The number of rotatable bonds is 5. The van der Waals surface area contributed by atoms with Crippen LogP contribution < -0.4 is 9.47 Å². The van der Waals surface area contributed by atoms with Gasteiger partial charge in [0.05, 0.1) is 14.2 Å². The zero-order valence-corrected chi connectivity index (χ0v) is 12.6. The molecule has 0 aromatic heterocycles. The van der Waals surface area contributed by atoms with Gasteiger partial charge in [0, 0.05) is 12.0 Å². The van der Waals surface area contributed by atoms with Gasteiger partial charge in [-0.25, -0.2) is 4.39 Å². The van der Waals surface area contributed by atoms with Crippen LogP contribution in [0.15, 0.2) is 30.3 Å². The summed E-state index contributed by atoms with van der Waals surface area (Å²) in [6, 6.07) is 7.50. The van der Waals surface area contributed by atoms with E-state index in [9.17, 15) is 13.6 Å². The Morgan fingerprint density at radius 3 is 2.45 bits per heavy atom. The Kier molecular flexibility index (Phi) is 4.75. The van der Waals surface area contributed by atoms with Crippen molar-refractivity contribution >= 4 is 5.78 Å². The maximum absolute atomic E-state index is 13.5. The predicted octanol–water partition coefficient (Wildman–Crippen LogP) is 3.72. The van der Waals surface area contributed by atoms with E-state index in [0.29, 0.717) is 16.9 Å². The number of carbonyl (C=O) groups is 1. The van der Waals surface area contributed by atoms with Gasteiger partial charge >= 0.3 is 0 Å². The van der Waals surface area contributed by atoms with Crippen LogP contribution in [0.2, 0.25) is 0 Å². The third-order valence-electron chi connectivity index (χ3n) is 3.38. The van der Waals surface area contributed by atoms with Gasteiger partial charge < -0.3 is 9.47 Å². The Hall–Kier alpha value is -2.43. The standard InChI is InChI=1S/C17H16F2O3/c1-10-4-5-12(21-2)9-13(10)15(20)7-11-6-14(18)17(19)16(8-11)22-3/h4-6,8-9H,7H2,1-3H3. The van der Waals surface area contributed by atoms with E-state index in [-0.39, 0.29) is 18.0 Å². The first kappa shape index (κ1) is 15.9. The van der Waals surface area contributed by atoms with E-state index in [1.165, 1.54) is 20.3 Å². The third-order valence-corrected chi connectivity index (χ3v) is 3.38. The smallest absolute Gasteiger partial charge is 0.200 e. The average molecular weight is 306 g/mol. The normalized spacial score (nSPS) is 10.4. The van der Waals surface area contributed by atoms with E-state index in [1.807, 2.05) is 0 Å². The topological polar surface area (TPSA) is 35.5 Å². The SMILES string of the molecule is COc1ccc(C)c(C(=O)Cc2cc(F)c(F)c(OC)c2)c1. The zero-order chi connectivity index (χ0) is 16.3. The van der Waals surface area contributed by atoms with E-state index < -0.39 is 11.6 Å². The Morgan fingerprint density at radius 2 is 1.82 bits per heavy atom. The fraction of sp³-hybridized carbons (Fsp3) is 0.235. The molecule has 0 aliphatic rings. The minimum absolute atomic E-state index is 0.0540. The summed E-state index contributed by atoms with van der Waals surface area (Å²) in [7, 11) is 2.76. The number of carbonyl (C=O) groups excluding carboxylic acids is 1. The molecule has 22 heavy (non-hydrogen) atoms. The number of hydrogen-bond donors (Lipinski definition) is 0. The molecule has 0 atom stereocenters. The second kappa shape index (κ2) is 6.56. The van der Waals surface area contributed by atoms with Crippen LogP contribution in [0, 0.1) is 18.6 Å². The monoisotopic (exact) mass is 306 g/mol. The summed E-state index contributed by atoms with van der Waals surface area (Å²) in [5.74, 6) is -1.95. The van der Waals surface area contributed by atoms with Crippen molar-refractivity contribution in [2.45, 2.75) is 13.3 Å². The van der Waals surface area contributed by atoms with Crippen molar-refractivity contribution in [3.63, 3.8) is 0 Å². The van der Waals surface area contributed by atoms with E-state index in [0.717, 1.165) is 11.6 Å². The molecule has 0 saturated heterocycles. The van der Waals surface area contributed by atoms with Crippen molar-refractivity contribution in [2.24, 2.45) is 0 Å². The molecular weight excluding hydrogens is 290 g/mol. The molecule has 0 aliphatic carbocycles. The van der Waals surface area contributed by atoms with Gasteiger partial charge in [0.2, 0.25) is 5.82 Å². The summed E-state index contributed by atoms with van der Waals surface area (Å²) in [6.07, 6.45) is -0.0540. The maximum atomic E-state index is 13.5. The van der Waals surface area contributed by atoms with Gasteiger partial charge in [-0.05, 0) is 42.3 Å². The lowest BCUT2D eigenvalue weighted by molar-refractivity contribution is 0.0992. The van der Waals surface area contributed by atoms with Gasteiger partial charge in [-0.1, -0.05) is 6.07 Å². The zero-order valence-electron chi connectivity index (χ0n) is 12.6. The molecule has 0 bridgehead atoms. The van der Waals surface area contributed by atoms with Crippen LogP contribution in [0.1, 0.15) is 21.5 Å². The molecule has 0 radical (unpaired) electrons. The van der Waals surface area contributed by atoms with E-state index in [1.54, 1.807) is 25.1 Å². The minimum Gasteiger partial charge on any atom is -0.497 e. The molecule has 0 amide bonds. The number of ether oxygens (including phenoxy) is 2. The molecule has 0 fully saturated rings. The van der Waals surface area contributed by atoms with E-state index in [4.69, 9.17) is 9.47 Å². The van der Waals surface area contributed by atoms with Crippen LogP contribution in [-0.4, -0.2) is 20.0 Å². The summed E-state index contributed by atoms with van der Waals surface area (Å²) in [5, 5.41) is 0. The van der Waals surface area contributed by atoms with Gasteiger partial charge in [0.1, 0.15) is 5.75 Å². The molecule has 0 saturated carbocycles. The van der Waals surface area contributed by atoms with E-state index in [2.05, 4.69) is 0 Å². The van der Waals surface area contributed by atoms with Gasteiger partial charge in [-0.2, -0.15) is 4.39 Å². The molecular formula is C17H16F2O3. The second-order valence-electron chi connectivity index (χ2n) is 4.87. The summed E-state index contributed by atoms with van der Waals surface area (Å²) < 4.78 is 36.8. The molecule has 5 heteroatoms. The minimum atomic E-state index is -1.06. The highest BCUT2D eigenvalue weighted by Gasteiger charge is 2.16. The lowest BCUT2D eigenvalue weighted by Crippen LogP contribution is -2.07. The Balaban J connectivity index is 2.31. The third kappa shape index (κ3) is 3.24. The van der Waals surface area contributed by atoms with Crippen molar-refractivity contribution in [1.29, 1.82) is 0 Å². The molecule has 3 nitrogen and oxygen atoms in total. The molecule has 0 unspecified atom stereocenters. The van der Waals surface area contributed by atoms with E-state index >= 15 is 0 Å². The number of aryl methyl sites for hydroxylation is 1. The Labute approximate surface area is 127 Å². The first-order valence-corrected chi connectivity index (χ1v) is 6.66. The van der Waals surface area contributed by atoms with Crippen molar-refractivity contribution in [3.8, 4) is 11.5 Å². The predicted molar refractivity (Wildman–Crippen MR) is 78.7 cm³/mol. The largest absolute Gasteiger partial charge is 0.497 e. The lowest BCUT2D eigenvalue weighted by Gasteiger charge is -2.09. The number of Topliss-reactive ketones (excluding diaryl/α,β-unsaturated/α-hetero) is 1. The van der Waals surface area contributed by atoms with Gasteiger partial charge in [0.25, 0.3) is 0 Å². The summed E-state index contributed by atoms with van der Waals surface area (Å²) in [6.45, 7) is 1.80. The van der Waals surface area contributed by atoms with Crippen LogP contribution >= 0.6 is 0 Å². The highest BCUT2D eigenvalue weighted by molar-refractivity contribution is 5.99. The summed E-state index contributed by atoms with van der Waals surface area (Å²) in [4.78, 5) is 12.4. The van der Waals surface area contributed by atoms with Crippen LogP contribution in [0.5, 0.6) is 11.5 Å². The maximum Gasteiger partial charge on any atom is 0.200 e. The number of ketones is 1. The van der Waals surface area contributed by atoms with Crippen LogP contribution in [-0.2, 0) is 6.42 Å².